The summed E-state index contributed by atoms with van der Waals surface area (Å²) in [6, 6.07) is 2.74. The summed E-state index contributed by atoms with van der Waals surface area (Å²) in [4.78, 5) is 12.7. The number of hydrogen-bond acceptors (Lipinski definition) is 3. The average Bonchev–Trinajstić information content (AvgIpc) is 2.98. The van der Waals surface area contributed by atoms with Gasteiger partial charge in [-0.25, -0.2) is 0 Å². The van der Waals surface area contributed by atoms with Crippen LogP contribution in [0.2, 0.25) is 0 Å². The molecule has 1 aliphatic rings. The molecular formula is C12H20N2O2. The van der Waals surface area contributed by atoms with Gasteiger partial charge in [-0.15, -0.1) is 0 Å². The minimum Gasteiger partial charge on any atom is -0.480 e. The van der Waals surface area contributed by atoms with Crippen LogP contribution in [0, 0.1) is 16.7 Å². The zero-order valence-electron chi connectivity index (χ0n) is 10.1. The third kappa shape index (κ3) is 4.63. The van der Waals surface area contributed by atoms with Crippen molar-refractivity contribution in [2.24, 2.45) is 5.41 Å². The standard InChI is InChI=1S/C12H20N2O2/c1-12(2,9-13)6-3-7-14(8-11(15)16)10-4-5-10/h10H,3-8H2,1-2H3,(H,15,16). The summed E-state index contributed by atoms with van der Waals surface area (Å²) in [5, 5.41) is 17.6. The van der Waals surface area contributed by atoms with Crippen LogP contribution in [0.4, 0.5) is 0 Å². The quantitative estimate of drug-likeness (QED) is 0.717. The lowest BCUT2D eigenvalue weighted by Crippen LogP contribution is -2.33. The molecule has 1 rings (SSSR count). The first kappa shape index (κ1) is 13.0. The Kier molecular flexibility index (Phi) is 4.31. The number of carbonyl (C=O) groups is 1. The Morgan fingerprint density at radius 2 is 2.19 bits per heavy atom. The summed E-state index contributed by atoms with van der Waals surface area (Å²) in [6.45, 7) is 4.77. The second-order valence-electron chi connectivity index (χ2n) is 5.19. The predicted molar refractivity (Wildman–Crippen MR) is 60.9 cm³/mol. The van der Waals surface area contributed by atoms with Gasteiger partial charge < -0.3 is 5.11 Å². The lowest BCUT2D eigenvalue weighted by atomic mass is 9.90. The van der Waals surface area contributed by atoms with Crippen molar-refractivity contribution in [1.29, 1.82) is 5.26 Å². The van der Waals surface area contributed by atoms with Gasteiger partial charge in [0.1, 0.15) is 0 Å². The van der Waals surface area contributed by atoms with Crippen LogP contribution >= 0.6 is 0 Å². The normalized spacial score (nSPS) is 16.1. The fourth-order valence-electron chi connectivity index (χ4n) is 1.78. The molecule has 0 radical (unpaired) electrons. The van der Waals surface area contributed by atoms with Crippen LogP contribution in [0.3, 0.4) is 0 Å². The molecule has 0 atom stereocenters. The van der Waals surface area contributed by atoms with Crippen LogP contribution in [0.5, 0.6) is 0 Å². The molecule has 0 unspecified atom stereocenters. The van der Waals surface area contributed by atoms with E-state index < -0.39 is 5.97 Å². The highest BCUT2D eigenvalue weighted by atomic mass is 16.4. The first-order valence-electron chi connectivity index (χ1n) is 5.82. The molecule has 0 aromatic rings. The van der Waals surface area contributed by atoms with E-state index in [-0.39, 0.29) is 12.0 Å². The van der Waals surface area contributed by atoms with Crippen LogP contribution in [0.1, 0.15) is 39.5 Å². The highest BCUT2D eigenvalue weighted by Crippen LogP contribution is 2.28. The first-order valence-corrected chi connectivity index (χ1v) is 5.82. The van der Waals surface area contributed by atoms with Gasteiger partial charge in [-0.2, -0.15) is 5.26 Å². The Balaban J connectivity index is 2.28. The molecule has 0 aliphatic heterocycles. The number of carboxylic acid groups (broad SMARTS) is 1. The minimum absolute atomic E-state index is 0.137. The van der Waals surface area contributed by atoms with Gasteiger partial charge >= 0.3 is 5.97 Å². The Hall–Kier alpha value is -1.08. The van der Waals surface area contributed by atoms with Crippen LogP contribution < -0.4 is 0 Å². The van der Waals surface area contributed by atoms with Crippen molar-refractivity contribution in [3.05, 3.63) is 0 Å². The van der Waals surface area contributed by atoms with Crippen molar-refractivity contribution >= 4 is 5.97 Å². The van der Waals surface area contributed by atoms with Crippen molar-refractivity contribution in [2.75, 3.05) is 13.1 Å². The largest absolute Gasteiger partial charge is 0.480 e. The molecule has 0 spiro atoms. The molecule has 4 heteroatoms. The Labute approximate surface area is 96.9 Å². The fraction of sp³-hybridized carbons (Fsp3) is 0.833. The van der Waals surface area contributed by atoms with Crippen LogP contribution in [-0.2, 0) is 4.79 Å². The van der Waals surface area contributed by atoms with Gasteiger partial charge in [-0.3, -0.25) is 9.69 Å². The van der Waals surface area contributed by atoms with E-state index >= 15 is 0 Å². The lowest BCUT2D eigenvalue weighted by molar-refractivity contribution is -0.138. The molecule has 90 valence electrons. The SMILES string of the molecule is CC(C)(C#N)CCCN(CC(=O)O)C1CC1. The minimum atomic E-state index is -0.758. The van der Waals surface area contributed by atoms with Gasteiger partial charge in [0.15, 0.2) is 0 Å². The molecule has 0 bridgehead atoms. The second kappa shape index (κ2) is 5.31. The first-order chi connectivity index (χ1) is 7.44. The predicted octanol–water partition coefficient (Wildman–Crippen LogP) is 1.87. The molecular weight excluding hydrogens is 204 g/mol. The van der Waals surface area contributed by atoms with Crippen LogP contribution in [0.15, 0.2) is 0 Å². The van der Waals surface area contributed by atoms with Gasteiger partial charge in [0, 0.05) is 6.04 Å². The molecule has 1 aliphatic carbocycles. The average molecular weight is 224 g/mol. The summed E-state index contributed by atoms with van der Waals surface area (Å²) in [5.74, 6) is -0.758. The van der Waals surface area contributed by atoms with Crippen molar-refractivity contribution < 1.29 is 9.90 Å². The number of nitrogens with zero attached hydrogens (tertiary/aromatic N) is 2. The van der Waals surface area contributed by atoms with E-state index in [4.69, 9.17) is 10.4 Å². The van der Waals surface area contributed by atoms with E-state index in [1.54, 1.807) is 0 Å². The molecule has 0 aromatic heterocycles. The fourth-order valence-corrected chi connectivity index (χ4v) is 1.78. The maximum Gasteiger partial charge on any atom is 0.317 e. The Morgan fingerprint density at radius 1 is 1.56 bits per heavy atom. The second-order valence-corrected chi connectivity index (χ2v) is 5.19. The molecule has 16 heavy (non-hydrogen) atoms. The summed E-state index contributed by atoms with van der Waals surface area (Å²) in [7, 11) is 0. The monoisotopic (exact) mass is 224 g/mol. The third-order valence-corrected chi connectivity index (χ3v) is 2.95. The zero-order chi connectivity index (χ0) is 12.2. The number of aliphatic carboxylic acids is 1. The van der Waals surface area contributed by atoms with E-state index in [0.717, 1.165) is 32.2 Å². The maximum absolute atomic E-state index is 10.7. The van der Waals surface area contributed by atoms with Crippen molar-refractivity contribution in [3.63, 3.8) is 0 Å². The molecule has 4 nitrogen and oxygen atoms in total. The van der Waals surface area contributed by atoms with E-state index in [2.05, 4.69) is 6.07 Å². The summed E-state index contributed by atoms with van der Waals surface area (Å²) in [6.07, 6.45) is 3.96. The zero-order valence-corrected chi connectivity index (χ0v) is 10.1. The molecule has 0 amide bonds. The van der Waals surface area contributed by atoms with Gasteiger partial charge in [-0.05, 0) is 46.1 Å². The maximum atomic E-state index is 10.7. The number of hydrogen-bond donors (Lipinski definition) is 1. The number of rotatable bonds is 7. The van der Waals surface area contributed by atoms with Crippen LogP contribution in [0.25, 0.3) is 0 Å². The molecule has 1 N–H and O–H groups in total. The van der Waals surface area contributed by atoms with Crippen LogP contribution in [-0.4, -0.2) is 35.1 Å². The Morgan fingerprint density at radius 3 is 2.62 bits per heavy atom. The van der Waals surface area contributed by atoms with Crippen molar-refractivity contribution in [1.82, 2.24) is 4.90 Å². The van der Waals surface area contributed by atoms with Gasteiger partial charge in [-0.1, -0.05) is 0 Å². The van der Waals surface area contributed by atoms with Gasteiger partial charge in [0.05, 0.1) is 18.0 Å². The van der Waals surface area contributed by atoms with Gasteiger partial charge in [0.25, 0.3) is 0 Å². The Bertz CT molecular complexity index is 290. The summed E-state index contributed by atoms with van der Waals surface area (Å²) >= 11 is 0. The highest BCUT2D eigenvalue weighted by molar-refractivity contribution is 5.69. The molecule has 0 heterocycles. The third-order valence-electron chi connectivity index (χ3n) is 2.95. The summed E-state index contributed by atoms with van der Waals surface area (Å²) in [5.41, 5.74) is -0.293. The smallest absolute Gasteiger partial charge is 0.317 e. The van der Waals surface area contributed by atoms with E-state index in [0.29, 0.717) is 6.04 Å². The molecule has 0 aromatic carbocycles. The van der Waals surface area contributed by atoms with Crippen molar-refractivity contribution in [2.45, 2.75) is 45.6 Å². The summed E-state index contributed by atoms with van der Waals surface area (Å²) < 4.78 is 0. The molecule has 0 saturated heterocycles. The molecule has 1 saturated carbocycles. The lowest BCUT2D eigenvalue weighted by Gasteiger charge is -2.21. The van der Waals surface area contributed by atoms with Gasteiger partial charge in [0.2, 0.25) is 0 Å². The van der Waals surface area contributed by atoms with E-state index in [9.17, 15) is 4.79 Å². The van der Waals surface area contributed by atoms with E-state index in [1.165, 1.54) is 0 Å². The topological polar surface area (TPSA) is 64.3 Å². The number of nitriles is 1. The molecule has 1 fully saturated rings. The van der Waals surface area contributed by atoms with Crippen molar-refractivity contribution in [3.8, 4) is 6.07 Å². The number of carboxylic acids is 1. The highest BCUT2D eigenvalue weighted by Gasteiger charge is 2.30. The van der Waals surface area contributed by atoms with E-state index in [1.807, 2.05) is 18.7 Å².